The molecule has 1 saturated heterocycles. The maximum Gasteiger partial charge on any atom is 0.230 e. The van der Waals surface area contributed by atoms with Gasteiger partial charge in [-0.2, -0.15) is 0 Å². The zero-order chi connectivity index (χ0) is 17.4. The summed E-state index contributed by atoms with van der Waals surface area (Å²) in [6.45, 7) is 3.16. The number of hydrogen-bond acceptors (Lipinski definition) is 3. The molecular weight excluding hydrogens is 312 g/mol. The van der Waals surface area contributed by atoms with Gasteiger partial charge in [-0.1, -0.05) is 30.3 Å². The highest BCUT2D eigenvalue weighted by molar-refractivity contribution is 5.85. The summed E-state index contributed by atoms with van der Waals surface area (Å²) in [6.07, 6.45) is 4.77. The van der Waals surface area contributed by atoms with Crippen molar-refractivity contribution in [2.24, 2.45) is 0 Å². The fraction of sp³-hybridized carbons (Fsp3) is 0.429. The number of carbonyl (C=O) groups is 1. The highest BCUT2D eigenvalue weighted by Gasteiger charge is 2.39. The van der Waals surface area contributed by atoms with Gasteiger partial charge in [0.1, 0.15) is 5.60 Å². The summed E-state index contributed by atoms with van der Waals surface area (Å²) in [5.41, 5.74) is 3.38. The molecule has 0 saturated carbocycles. The maximum atomic E-state index is 13.0. The first-order valence-electron chi connectivity index (χ1n) is 9.09. The molecule has 2 heterocycles. The number of aryl methyl sites for hydroxylation is 2. The molecule has 1 aliphatic carbocycles. The molecule has 4 nitrogen and oxygen atoms in total. The Hall–Kier alpha value is -2.20. The fourth-order valence-electron chi connectivity index (χ4n) is 4.13. The number of rotatable bonds is 2. The van der Waals surface area contributed by atoms with Gasteiger partial charge in [0, 0.05) is 19.3 Å². The van der Waals surface area contributed by atoms with Crippen molar-refractivity contribution in [1.82, 2.24) is 9.88 Å². The Morgan fingerprint density at radius 3 is 2.68 bits per heavy atom. The van der Waals surface area contributed by atoms with E-state index in [-0.39, 0.29) is 11.8 Å². The highest BCUT2D eigenvalue weighted by Crippen LogP contribution is 2.37. The van der Waals surface area contributed by atoms with Crippen LogP contribution >= 0.6 is 0 Å². The molecule has 0 spiro atoms. The van der Waals surface area contributed by atoms with Crippen LogP contribution in [0.3, 0.4) is 0 Å². The Labute approximate surface area is 148 Å². The van der Waals surface area contributed by atoms with E-state index in [2.05, 4.69) is 17.1 Å². The number of fused-ring (bicyclic) bond motifs is 1. The lowest BCUT2D eigenvalue weighted by atomic mass is 9.87. The third-order valence-corrected chi connectivity index (χ3v) is 5.72. The number of hydrogen-bond donors (Lipinski definition) is 1. The summed E-state index contributed by atoms with van der Waals surface area (Å²) in [7, 11) is 0. The van der Waals surface area contributed by atoms with E-state index in [1.165, 1.54) is 11.1 Å². The maximum absolute atomic E-state index is 13.0. The third kappa shape index (κ3) is 2.95. The monoisotopic (exact) mass is 336 g/mol. The largest absolute Gasteiger partial charge is 0.383 e. The van der Waals surface area contributed by atoms with E-state index in [9.17, 15) is 9.90 Å². The zero-order valence-corrected chi connectivity index (χ0v) is 14.6. The van der Waals surface area contributed by atoms with Gasteiger partial charge in [0.2, 0.25) is 5.91 Å². The molecule has 25 heavy (non-hydrogen) atoms. The topological polar surface area (TPSA) is 53.4 Å². The van der Waals surface area contributed by atoms with Gasteiger partial charge in [-0.3, -0.25) is 9.78 Å². The Bertz CT molecular complexity index is 777. The molecular formula is C21H24N2O2. The van der Waals surface area contributed by atoms with Crippen LogP contribution in [0.15, 0.2) is 42.6 Å². The summed E-state index contributed by atoms with van der Waals surface area (Å²) in [5.74, 6) is 0.198. The summed E-state index contributed by atoms with van der Waals surface area (Å²) >= 11 is 0. The van der Waals surface area contributed by atoms with Gasteiger partial charge < -0.3 is 10.0 Å². The van der Waals surface area contributed by atoms with Gasteiger partial charge in [-0.15, -0.1) is 0 Å². The molecule has 130 valence electrons. The number of benzene rings is 1. The second-order valence-corrected chi connectivity index (χ2v) is 7.37. The minimum atomic E-state index is -0.919. The van der Waals surface area contributed by atoms with Crippen LogP contribution in [-0.2, 0) is 16.8 Å². The molecule has 1 atom stereocenters. The zero-order valence-electron chi connectivity index (χ0n) is 14.6. The quantitative estimate of drug-likeness (QED) is 0.917. The Morgan fingerprint density at radius 2 is 1.96 bits per heavy atom. The number of nitrogens with zero attached hydrogens (tertiary/aromatic N) is 2. The van der Waals surface area contributed by atoms with E-state index in [1.807, 2.05) is 36.1 Å². The van der Waals surface area contributed by atoms with Crippen molar-refractivity contribution >= 4 is 5.91 Å². The molecule has 2 aromatic rings. The average molecular weight is 336 g/mol. The van der Waals surface area contributed by atoms with E-state index in [0.29, 0.717) is 25.9 Å². The predicted molar refractivity (Wildman–Crippen MR) is 96.2 cm³/mol. The first kappa shape index (κ1) is 16.3. The number of aliphatic hydroxyl groups is 1. The van der Waals surface area contributed by atoms with Crippen LogP contribution < -0.4 is 0 Å². The Balaban J connectivity index is 1.45. The second-order valence-electron chi connectivity index (χ2n) is 7.37. The summed E-state index contributed by atoms with van der Waals surface area (Å²) in [6, 6.07) is 12.2. The van der Waals surface area contributed by atoms with Crippen LogP contribution in [0.2, 0.25) is 0 Å². The number of pyridine rings is 1. The number of likely N-dealkylation sites (tertiary alicyclic amines) is 1. The van der Waals surface area contributed by atoms with Gasteiger partial charge in [0.15, 0.2) is 0 Å². The van der Waals surface area contributed by atoms with Crippen molar-refractivity contribution in [3.63, 3.8) is 0 Å². The number of carbonyl (C=O) groups excluding carboxylic acids is 1. The molecule has 1 amide bonds. The molecule has 1 aromatic carbocycles. The number of aromatic nitrogens is 1. The van der Waals surface area contributed by atoms with E-state index >= 15 is 0 Å². The van der Waals surface area contributed by atoms with Crippen LogP contribution in [0.5, 0.6) is 0 Å². The molecule has 1 aliphatic heterocycles. The van der Waals surface area contributed by atoms with Crippen molar-refractivity contribution in [3.05, 3.63) is 65.0 Å². The van der Waals surface area contributed by atoms with Crippen LogP contribution in [0.4, 0.5) is 0 Å². The fourth-order valence-corrected chi connectivity index (χ4v) is 4.13. The van der Waals surface area contributed by atoms with Crippen molar-refractivity contribution in [3.8, 4) is 0 Å². The van der Waals surface area contributed by atoms with Crippen LogP contribution in [0.1, 0.15) is 47.6 Å². The second kappa shape index (κ2) is 6.26. The molecule has 1 unspecified atom stereocenters. The van der Waals surface area contributed by atoms with Crippen molar-refractivity contribution < 1.29 is 9.90 Å². The molecule has 4 heteroatoms. The molecule has 1 fully saturated rings. The summed E-state index contributed by atoms with van der Waals surface area (Å²) < 4.78 is 0. The third-order valence-electron chi connectivity index (χ3n) is 5.72. The highest BCUT2D eigenvalue weighted by atomic mass is 16.3. The van der Waals surface area contributed by atoms with Gasteiger partial charge in [0.25, 0.3) is 0 Å². The van der Waals surface area contributed by atoms with Crippen molar-refractivity contribution in [2.45, 2.75) is 44.1 Å². The lowest BCUT2D eigenvalue weighted by molar-refractivity contribution is -0.137. The summed E-state index contributed by atoms with van der Waals surface area (Å²) in [5, 5.41) is 11.0. The molecule has 1 aromatic heterocycles. The van der Waals surface area contributed by atoms with Crippen LogP contribution in [0.25, 0.3) is 0 Å². The molecule has 0 bridgehead atoms. The number of piperidine rings is 1. The van der Waals surface area contributed by atoms with E-state index < -0.39 is 5.60 Å². The lowest BCUT2D eigenvalue weighted by Gasteiger charge is -2.38. The molecule has 0 radical (unpaired) electrons. The van der Waals surface area contributed by atoms with Gasteiger partial charge in [-0.05, 0) is 55.4 Å². The molecule has 2 aliphatic rings. The van der Waals surface area contributed by atoms with Crippen molar-refractivity contribution in [2.75, 3.05) is 13.1 Å². The Morgan fingerprint density at radius 1 is 1.20 bits per heavy atom. The van der Waals surface area contributed by atoms with E-state index in [4.69, 9.17) is 0 Å². The predicted octanol–water partition coefficient (Wildman–Crippen LogP) is 2.93. The van der Waals surface area contributed by atoms with Crippen molar-refractivity contribution in [1.29, 1.82) is 0 Å². The van der Waals surface area contributed by atoms with Crippen LogP contribution in [0, 0.1) is 6.92 Å². The smallest absolute Gasteiger partial charge is 0.230 e. The average Bonchev–Trinajstić information content (AvgIpc) is 3.06. The normalized spacial score (nSPS) is 21.8. The molecule has 1 N–H and O–H groups in total. The van der Waals surface area contributed by atoms with E-state index in [0.717, 1.165) is 24.1 Å². The minimum absolute atomic E-state index is 0.0140. The molecule has 4 rings (SSSR count). The first-order chi connectivity index (χ1) is 12.1. The van der Waals surface area contributed by atoms with Gasteiger partial charge in [-0.25, -0.2) is 0 Å². The van der Waals surface area contributed by atoms with Crippen LogP contribution in [-0.4, -0.2) is 34.0 Å². The SMILES string of the molecule is Cc1ccc(C2(O)CCN(C(=O)C3CCc4ccccc43)CC2)nc1. The van der Waals surface area contributed by atoms with Gasteiger partial charge in [0.05, 0.1) is 11.6 Å². The lowest BCUT2D eigenvalue weighted by Crippen LogP contribution is -2.46. The minimum Gasteiger partial charge on any atom is -0.383 e. The summed E-state index contributed by atoms with van der Waals surface area (Å²) in [4.78, 5) is 19.3. The first-order valence-corrected chi connectivity index (χ1v) is 9.09. The van der Waals surface area contributed by atoms with E-state index in [1.54, 1.807) is 6.20 Å². The standard InChI is InChI=1S/C21H24N2O2/c1-15-6-9-19(22-14-15)21(25)10-12-23(13-11-21)20(24)18-8-7-16-4-2-3-5-17(16)18/h2-6,9,14,18,25H,7-8,10-13H2,1H3. The van der Waals surface area contributed by atoms with Gasteiger partial charge >= 0.3 is 0 Å². The Kier molecular flexibility index (Phi) is 4.08. The number of amides is 1.